The first kappa shape index (κ1) is 7.52. The van der Waals surface area contributed by atoms with Crippen LogP contribution in [0.4, 0.5) is 4.79 Å². The molecule has 6 heteroatoms. The molecule has 1 rings (SSSR count). The first-order chi connectivity index (χ1) is 5.22. The number of nitrogens with zero attached hydrogens (tertiary/aromatic N) is 1. The second-order valence-corrected chi connectivity index (χ2v) is 1.83. The van der Waals surface area contributed by atoms with Crippen LogP contribution in [0.1, 0.15) is 0 Å². The summed E-state index contributed by atoms with van der Waals surface area (Å²) in [6.45, 7) is 0.0549. The molecule has 1 aliphatic rings. The highest BCUT2D eigenvalue weighted by atomic mass is 16.5. The minimum Gasteiger partial charge on any atom is -0.453 e. The number of ether oxygens (including phenoxy) is 1. The number of aliphatic imine (C=N–C) groups is 1. The topological polar surface area (TPSA) is 79.8 Å². The minimum absolute atomic E-state index is 0.0549. The molecule has 1 heterocycles. The Morgan fingerprint density at radius 2 is 2.55 bits per heavy atom. The lowest BCUT2D eigenvalue weighted by Gasteiger charge is -2.00. The molecule has 60 valence electrons. The van der Waals surface area contributed by atoms with Crippen LogP contribution in [-0.2, 0) is 9.53 Å². The molecular weight excluding hydrogens is 150 g/mol. The first-order valence-electron chi connectivity index (χ1n) is 2.91. The molecule has 2 amide bonds. The van der Waals surface area contributed by atoms with Crippen molar-refractivity contribution in [1.82, 2.24) is 10.6 Å². The van der Waals surface area contributed by atoms with Crippen LogP contribution in [0.3, 0.4) is 0 Å². The Hall–Kier alpha value is -1.59. The molecule has 0 aliphatic carbocycles. The molecule has 1 aliphatic heterocycles. The van der Waals surface area contributed by atoms with Crippen molar-refractivity contribution >= 4 is 18.0 Å². The second kappa shape index (κ2) is 3.00. The SMILES string of the molecule is COC(=O)NC1=NCC(=O)N1. The van der Waals surface area contributed by atoms with Crippen molar-refractivity contribution in [2.45, 2.75) is 0 Å². The average molecular weight is 157 g/mol. The highest BCUT2D eigenvalue weighted by molar-refractivity contribution is 6.07. The van der Waals surface area contributed by atoms with Crippen LogP contribution in [0.15, 0.2) is 4.99 Å². The Kier molecular flexibility index (Phi) is 2.05. The zero-order valence-electron chi connectivity index (χ0n) is 5.88. The number of rotatable bonds is 0. The van der Waals surface area contributed by atoms with Gasteiger partial charge in [0, 0.05) is 0 Å². The van der Waals surface area contributed by atoms with E-state index in [1.807, 2.05) is 0 Å². The van der Waals surface area contributed by atoms with Gasteiger partial charge in [-0.2, -0.15) is 0 Å². The van der Waals surface area contributed by atoms with E-state index in [2.05, 4.69) is 20.4 Å². The summed E-state index contributed by atoms with van der Waals surface area (Å²) in [5.74, 6) is -0.0988. The number of nitrogens with one attached hydrogen (secondary N) is 2. The Labute approximate surface area is 62.6 Å². The molecule has 0 bridgehead atoms. The molecule has 6 nitrogen and oxygen atoms in total. The van der Waals surface area contributed by atoms with E-state index in [1.165, 1.54) is 7.11 Å². The zero-order chi connectivity index (χ0) is 8.27. The first-order valence-corrected chi connectivity index (χ1v) is 2.91. The molecular formula is C5H7N3O3. The van der Waals surface area contributed by atoms with E-state index in [-0.39, 0.29) is 18.4 Å². The number of hydrogen-bond acceptors (Lipinski definition) is 4. The van der Waals surface area contributed by atoms with Gasteiger partial charge < -0.3 is 4.74 Å². The Morgan fingerprint density at radius 3 is 3.00 bits per heavy atom. The van der Waals surface area contributed by atoms with Gasteiger partial charge in [0.05, 0.1) is 7.11 Å². The number of amides is 2. The maximum Gasteiger partial charge on any atom is 0.413 e. The predicted molar refractivity (Wildman–Crippen MR) is 36.0 cm³/mol. The molecule has 2 N–H and O–H groups in total. The fourth-order valence-corrected chi connectivity index (χ4v) is 0.580. The lowest BCUT2D eigenvalue weighted by Crippen LogP contribution is -2.39. The van der Waals surface area contributed by atoms with Crippen molar-refractivity contribution in [3.8, 4) is 0 Å². The standard InChI is InChI=1S/C5H7N3O3/c1-11-5(10)8-4-6-2-3(9)7-4/h2H2,1H3,(H2,6,7,8,9,10). The Morgan fingerprint density at radius 1 is 1.82 bits per heavy atom. The van der Waals surface area contributed by atoms with Crippen molar-refractivity contribution in [2.75, 3.05) is 13.7 Å². The van der Waals surface area contributed by atoms with Gasteiger partial charge >= 0.3 is 6.09 Å². The third-order valence-corrected chi connectivity index (χ3v) is 1.04. The van der Waals surface area contributed by atoms with Gasteiger partial charge in [-0.3, -0.25) is 15.4 Å². The number of carbonyl (C=O) groups excluding carboxylic acids is 2. The summed E-state index contributed by atoms with van der Waals surface area (Å²) in [6.07, 6.45) is -0.647. The summed E-state index contributed by atoms with van der Waals surface area (Å²) in [7, 11) is 1.23. The summed E-state index contributed by atoms with van der Waals surface area (Å²) in [5, 5.41) is 4.53. The van der Waals surface area contributed by atoms with E-state index in [0.29, 0.717) is 0 Å². The average Bonchev–Trinajstić information content (AvgIpc) is 2.35. The number of methoxy groups -OCH3 is 1. The molecule has 0 spiro atoms. The molecule has 0 aromatic rings. The fraction of sp³-hybridized carbons (Fsp3) is 0.400. The van der Waals surface area contributed by atoms with Gasteiger partial charge in [0.1, 0.15) is 6.54 Å². The number of alkyl carbamates (subject to hydrolysis) is 1. The van der Waals surface area contributed by atoms with Crippen LogP contribution in [0.5, 0.6) is 0 Å². The molecule has 0 aromatic carbocycles. The van der Waals surface area contributed by atoms with Crippen molar-refractivity contribution in [3.05, 3.63) is 0 Å². The van der Waals surface area contributed by atoms with Crippen LogP contribution in [-0.4, -0.2) is 31.6 Å². The summed E-state index contributed by atoms with van der Waals surface area (Å²) >= 11 is 0. The number of guanidine groups is 1. The van der Waals surface area contributed by atoms with Crippen molar-refractivity contribution in [2.24, 2.45) is 4.99 Å². The fourth-order valence-electron chi connectivity index (χ4n) is 0.580. The van der Waals surface area contributed by atoms with Crippen LogP contribution in [0.2, 0.25) is 0 Å². The quantitative estimate of drug-likeness (QED) is 0.465. The maximum absolute atomic E-state index is 10.5. The molecule has 0 unspecified atom stereocenters. The van der Waals surface area contributed by atoms with Crippen LogP contribution in [0, 0.1) is 0 Å². The summed E-state index contributed by atoms with van der Waals surface area (Å²) < 4.78 is 4.27. The maximum atomic E-state index is 10.5. The summed E-state index contributed by atoms with van der Waals surface area (Å²) in [4.78, 5) is 24.7. The minimum atomic E-state index is -0.647. The van der Waals surface area contributed by atoms with Crippen molar-refractivity contribution in [1.29, 1.82) is 0 Å². The molecule has 0 atom stereocenters. The lowest BCUT2D eigenvalue weighted by molar-refractivity contribution is -0.117. The monoisotopic (exact) mass is 157 g/mol. The highest BCUT2D eigenvalue weighted by Crippen LogP contribution is 1.83. The summed E-state index contributed by atoms with van der Waals surface area (Å²) in [5.41, 5.74) is 0. The Bertz CT molecular complexity index is 223. The largest absolute Gasteiger partial charge is 0.453 e. The zero-order valence-corrected chi connectivity index (χ0v) is 5.88. The van der Waals surface area contributed by atoms with E-state index in [4.69, 9.17) is 0 Å². The third-order valence-electron chi connectivity index (χ3n) is 1.04. The van der Waals surface area contributed by atoms with Gasteiger partial charge in [0.25, 0.3) is 0 Å². The van der Waals surface area contributed by atoms with E-state index in [9.17, 15) is 9.59 Å². The molecule has 0 saturated carbocycles. The number of carbonyl (C=O) groups is 2. The van der Waals surface area contributed by atoms with Gasteiger partial charge in [0.15, 0.2) is 0 Å². The lowest BCUT2D eigenvalue weighted by atomic mass is 10.7. The smallest absolute Gasteiger partial charge is 0.413 e. The van der Waals surface area contributed by atoms with E-state index >= 15 is 0 Å². The third kappa shape index (κ3) is 1.92. The van der Waals surface area contributed by atoms with E-state index < -0.39 is 6.09 Å². The van der Waals surface area contributed by atoms with Gasteiger partial charge in [0.2, 0.25) is 11.9 Å². The predicted octanol–water partition coefficient (Wildman–Crippen LogP) is -1.17. The number of hydrogen-bond donors (Lipinski definition) is 2. The molecule has 0 aromatic heterocycles. The Balaban J connectivity index is 2.39. The van der Waals surface area contributed by atoms with Crippen molar-refractivity contribution in [3.63, 3.8) is 0 Å². The van der Waals surface area contributed by atoms with Crippen LogP contribution in [0.25, 0.3) is 0 Å². The second-order valence-electron chi connectivity index (χ2n) is 1.83. The highest BCUT2D eigenvalue weighted by Gasteiger charge is 2.14. The van der Waals surface area contributed by atoms with Crippen LogP contribution < -0.4 is 10.6 Å². The van der Waals surface area contributed by atoms with Gasteiger partial charge in [-0.25, -0.2) is 9.79 Å². The van der Waals surface area contributed by atoms with Crippen LogP contribution >= 0.6 is 0 Å². The van der Waals surface area contributed by atoms with Gasteiger partial charge in [-0.15, -0.1) is 0 Å². The molecule has 11 heavy (non-hydrogen) atoms. The van der Waals surface area contributed by atoms with E-state index in [1.54, 1.807) is 0 Å². The van der Waals surface area contributed by atoms with Crippen molar-refractivity contribution < 1.29 is 14.3 Å². The van der Waals surface area contributed by atoms with Gasteiger partial charge in [-0.1, -0.05) is 0 Å². The van der Waals surface area contributed by atoms with Gasteiger partial charge in [-0.05, 0) is 0 Å². The van der Waals surface area contributed by atoms with E-state index in [0.717, 1.165) is 0 Å². The summed E-state index contributed by atoms with van der Waals surface area (Å²) in [6, 6.07) is 0. The molecule has 0 saturated heterocycles. The molecule has 0 radical (unpaired) electrons. The molecule has 0 fully saturated rings. The normalized spacial score (nSPS) is 15.4.